The summed E-state index contributed by atoms with van der Waals surface area (Å²) in [6.07, 6.45) is 0. The zero-order valence-electron chi connectivity index (χ0n) is 11.3. The van der Waals surface area contributed by atoms with Gasteiger partial charge < -0.3 is 4.90 Å². The molecule has 0 aliphatic heterocycles. The van der Waals surface area contributed by atoms with Gasteiger partial charge >= 0.3 is 0 Å². The van der Waals surface area contributed by atoms with Gasteiger partial charge in [0.1, 0.15) is 11.6 Å². The van der Waals surface area contributed by atoms with E-state index in [1.165, 1.54) is 0 Å². The van der Waals surface area contributed by atoms with E-state index in [2.05, 4.69) is 42.9 Å². The molecule has 0 spiro atoms. The van der Waals surface area contributed by atoms with Crippen LogP contribution in [0.5, 0.6) is 0 Å². The molecule has 1 aromatic heterocycles. The van der Waals surface area contributed by atoms with Gasteiger partial charge in [0.05, 0.1) is 10.9 Å². The predicted octanol–water partition coefficient (Wildman–Crippen LogP) is 4.47. The lowest BCUT2D eigenvalue weighted by Gasteiger charge is -2.20. The van der Waals surface area contributed by atoms with E-state index in [9.17, 15) is 0 Å². The molecule has 3 aromatic rings. The Labute approximate surface area is 126 Å². The van der Waals surface area contributed by atoms with E-state index in [1.807, 2.05) is 50.4 Å². The first-order valence-electron chi connectivity index (χ1n) is 6.38. The second kappa shape index (κ2) is 5.21. The Hall–Kier alpha value is -1.94. The van der Waals surface area contributed by atoms with Crippen LogP contribution in [0.1, 0.15) is 5.82 Å². The van der Waals surface area contributed by atoms with Gasteiger partial charge in [-0.2, -0.15) is 0 Å². The maximum Gasteiger partial charge on any atom is 0.145 e. The summed E-state index contributed by atoms with van der Waals surface area (Å²) in [6, 6.07) is 16.2. The van der Waals surface area contributed by atoms with E-state index in [0.717, 1.165) is 32.7 Å². The monoisotopic (exact) mass is 327 g/mol. The quantitative estimate of drug-likeness (QED) is 0.695. The van der Waals surface area contributed by atoms with Crippen LogP contribution in [0, 0.1) is 6.92 Å². The summed E-state index contributed by atoms with van der Waals surface area (Å²) in [5, 5.41) is 1.03. The molecule has 0 amide bonds. The van der Waals surface area contributed by atoms with Crippen LogP contribution in [0.3, 0.4) is 0 Å². The third-order valence-electron chi connectivity index (χ3n) is 3.23. The van der Waals surface area contributed by atoms with Crippen molar-refractivity contribution in [1.82, 2.24) is 9.97 Å². The minimum Gasteiger partial charge on any atom is -0.329 e. The van der Waals surface area contributed by atoms with E-state index >= 15 is 0 Å². The number of hydrogen-bond donors (Lipinski definition) is 0. The number of anilines is 2. The molecule has 4 heteroatoms. The summed E-state index contributed by atoms with van der Waals surface area (Å²) in [4.78, 5) is 11.2. The fourth-order valence-corrected chi connectivity index (χ4v) is 2.79. The van der Waals surface area contributed by atoms with Crippen molar-refractivity contribution in [3.63, 3.8) is 0 Å². The highest BCUT2D eigenvalue weighted by molar-refractivity contribution is 9.10. The molecule has 0 atom stereocenters. The van der Waals surface area contributed by atoms with Gasteiger partial charge in [-0.1, -0.05) is 24.3 Å². The molecule has 2 aromatic carbocycles. The number of rotatable bonds is 2. The highest BCUT2D eigenvalue weighted by atomic mass is 79.9. The molecule has 0 aliphatic rings. The minimum atomic E-state index is 0.772. The molecule has 0 bridgehead atoms. The van der Waals surface area contributed by atoms with Gasteiger partial charge in [-0.3, -0.25) is 0 Å². The largest absolute Gasteiger partial charge is 0.329 e. The maximum atomic E-state index is 4.62. The first-order chi connectivity index (χ1) is 9.66. The van der Waals surface area contributed by atoms with Crippen LogP contribution >= 0.6 is 15.9 Å². The number of nitrogens with zero attached hydrogens (tertiary/aromatic N) is 3. The molecule has 3 rings (SSSR count). The van der Waals surface area contributed by atoms with Gasteiger partial charge in [-0.15, -0.1) is 0 Å². The van der Waals surface area contributed by atoms with E-state index in [4.69, 9.17) is 0 Å². The highest BCUT2D eigenvalue weighted by Crippen LogP contribution is 2.33. The van der Waals surface area contributed by atoms with Gasteiger partial charge in [0.2, 0.25) is 0 Å². The molecule has 0 aliphatic carbocycles. The second-order valence-electron chi connectivity index (χ2n) is 4.62. The van der Waals surface area contributed by atoms with Crippen molar-refractivity contribution in [1.29, 1.82) is 0 Å². The van der Waals surface area contributed by atoms with E-state index < -0.39 is 0 Å². The van der Waals surface area contributed by atoms with Crippen LogP contribution in [0.15, 0.2) is 53.0 Å². The summed E-state index contributed by atoms with van der Waals surface area (Å²) < 4.78 is 1.01. The van der Waals surface area contributed by atoms with E-state index in [-0.39, 0.29) is 0 Å². The first kappa shape index (κ1) is 13.1. The summed E-state index contributed by atoms with van der Waals surface area (Å²) in [5.74, 6) is 1.68. The Morgan fingerprint density at radius 1 is 0.950 bits per heavy atom. The second-order valence-corrected chi connectivity index (χ2v) is 5.48. The molecular weight excluding hydrogens is 314 g/mol. The maximum absolute atomic E-state index is 4.62. The molecule has 1 heterocycles. The number of aromatic nitrogens is 2. The number of fused-ring (bicyclic) bond motifs is 1. The van der Waals surface area contributed by atoms with Gasteiger partial charge in [-0.25, -0.2) is 9.97 Å². The van der Waals surface area contributed by atoms with Crippen molar-refractivity contribution in [2.45, 2.75) is 6.92 Å². The fraction of sp³-hybridized carbons (Fsp3) is 0.125. The van der Waals surface area contributed by atoms with Crippen molar-refractivity contribution >= 4 is 38.3 Å². The Morgan fingerprint density at radius 2 is 1.70 bits per heavy atom. The van der Waals surface area contributed by atoms with Gasteiger partial charge in [-0.05, 0) is 47.1 Å². The molecular formula is C16H14BrN3. The average molecular weight is 328 g/mol. The fourth-order valence-electron chi connectivity index (χ4n) is 2.25. The lowest BCUT2D eigenvalue weighted by Crippen LogP contribution is -2.13. The third kappa shape index (κ3) is 2.27. The number of hydrogen-bond acceptors (Lipinski definition) is 3. The molecule has 20 heavy (non-hydrogen) atoms. The molecule has 0 radical (unpaired) electrons. The van der Waals surface area contributed by atoms with Crippen LogP contribution in [-0.2, 0) is 0 Å². The molecule has 0 N–H and O–H groups in total. The average Bonchev–Trinajstić information content (AvgIpc) is 2.46. The summed E-state index contributed by atoms with van der Waals surface area (Å²) >= 11 is 3.61. The van der Waals surface area contributed by atoms with Crippen molar-refractivity contribution in [3.05, 3.63) is 58.8 Å². The lowest BCUT2D eigenvalue weighted by atomic mass is 10.2. The van der Waals surface area contributed by atoms with Crippen molar-refractivity contribution in [3.8, 4) is 0 Å². The van der Waals surface area contributed by atoms with E-state index in [0.29, 0.717) is 0 Å². The van der Waals surface area contributed by atoms with Gasteiger partial charge in [0.15, 0.2) is 0 Å². The molecule has 0 saturated heterocycles. The number of para-hydroxylation sites is 1. The van der Waals surface area contributed by atoms with Crippen LogP contribution < -0.4 is 4.90 Å². The first-order valence-corrected chi connectivity index (χ1v) is 7.18. The normalized spacial score (nSPS) is 10.8. The van der Waals surface area contributed by atoms with Crippen LogP contribution in [0.2, 0.25) is 0 Å². The smallest absolute Gasteiger partial charge is 0.145 e. The Morgan fingerprint density at radius 3 is 2.45 bits per heavy atom. The van der Waals surface area contributed by atoms with Gasteiger partial charge in [0, 0.05) is 17.2 Å². The standard InChI is InChI=1S/C16H14BrN3/c1-11-18-14-10-6-9-13(17)15(14)16(19-11)20(2)12-7-4-3-5-8-12/h3-10H,1-2H3. The SMILES string of the molecule is Cc1nc(N(C)c2ccccc2)c2c(Br)cccc2n1. The number of halogens is 1. The Bertz CT molecular complexity index is 756. The molecule has 100 valence electrons. The number of aryl methyl sites for hydroxylation is 1. The zero-order chi connectivity index (χ0) is 14.1. The molecule has 3 nitrogen and oxygen atoms in total. The highest BCUT2D eigenvalue weighted by Gasteiger charge is 2.13. The predicted molar refractivity (Wildman–Crippen MR) is 86.5 cm³/mol. The van der Waals surface area contributed by atoms with Gasteiger partial charge in [0.25, 0.3) is 0 Å². The summed E-state index contributed by atoms with van der Waals surface area (Å²) in [5.41, 5.74) is 2.05. The summed E-state index contributed by atoms with van der Waals surface area (Å²) in [6.45, 7) is 1.92. The molecule has 0 fully saturated rings. The summed E-state index contributed by atoms with van der Waals surface area (Å²) in [7, 11) is 2.02. The topological polar surface area (TPSA) is 29.0 Å². The van der Waals surface area contributed by atoms with Crippen LogP contribution in [0.4, 0.5) is 11.5 Å². The van der Waals surface area contributed by atoms with Crippen LogP contribution in [0.25, 0.3) is 10.9 Å². The Balaban J connectivity index is 2.25. The minimum absolute atomic E-state index is 0.772. The lowest BCUT2D eigenvalue weighted by molar-refractivity contribution is 1.04. The Kier molecular flexibility index (Phi) is 3.40. The zero-order valence-corrected chi connectivity index (χ0v) is 12.9. The molecule has 0 unspecified atom stereocenters. The number of benzene rings is 2. The van der Waals surface area contributed by atoms with Crippen LogP contribution in [-0.4, -0.2) is 17.0 Å². The van der Waals surface area contributed by atoms with Crippen molar-refractivity contribution in [2.24, 2.45) is 0 Å². The third-order valence-corrected chi connectivity index (χ3v) is 3.89. The van der Waals surface area contributed by atoms with Crippen molar-refractivity contribution in [2.75, 3.05) is 11.9 Å². The van der Waals surface area contributed by atoms with Crippen molar-refractivity contribution < 1.29 is 0 Å². The van der Waals surface area contributed by atoms with E-state index in [1.54, 1.807) is 0 Å². The molecule has 0 saturated carbocycles.